The Labute approximate surface area is 113 Å². The molecule has 2 rings (SSSR count). The Kier molecular flexibility index (Phi) is 4.58. The molecule has 1 aliphatic rings. The zero-order valence-corrected chi connectivity index (χ0v) is 10.9. The maximum atomic E-state index is 10.8. The van der Waals surface area contributed by atoms with Gasteiger partial charge in [0, 0.05) is 13.1 Å². The van der Waals surface area contributed by atoms with Crippen LogP contribution in [0.25, 0.3) is 0 Å². The third-order valence-corrected chi connectivity index (χ3v) is 3.25. The highest BCUT2D eigenvalue weighted by atomic mass is 16.5. The fourth-order valence-corrected chi connectivity index (χ4v) is 2.33. The summed E-state index contributed by atoms with van der Waals surface area (Å²) in [5.74, 6) is -0.183. The van der Waals surface area contributed by atoms with Crippen LogP contribution < -0.4 is 4.74 Å². The molecule has 1 fully saturated rings. The quantitative estimate of drug-likeness (QED) is 0.827. The Morgan fingerprint density at radius 3 is 2.84 bits per heavy atom. The van der Waals surface area contributed by atoms with Gasteiger partial charge in [0.2, 0.25) is 0 Å². The first-order valence-corrected chi connectivity index (χ1v) is 6.52. The number of carbonyl (C=O) groups is 1. The lowest BCUT2D eigenvalue weighted by Crippen LogP contribution is -2.41. The predicted molar refractivity (Wildman–Crippen MR) is 73.7 cm³/mol. The van der Waals surface area contributed by atoms with Gasteiger partial charge in [0.25, 0.3) is 0 Å². The van der Waals surface area contributed by atoms with E-state index in [9.17, 15) is 4.79 Å². The highest BCUT2D eigenvalue weighted by Gasteiger charge is 2.20. The summed E-state index contributed by atoms with van der Waals surface area (Å²) in [5, 5.41) is 8.83. The van der Waals surface area contributed by atoms with Crippen molar-refractivity contribution in [3.8, 4) is 5.75 Å². The van der Waals surface area contributed by atoms with Crippen molar-refractivity contribution in [2.45, 2.75) is 18.9 Å². The highest BCUT2D eigenvalue weighted by molar-refractivity contribution is 5.87. The summed E-state index contributed by atoms with van der Waals surface area (Å²) in [6.07, 6.45) is 4.23. The number of carboxylic acids is 1. The molecule has 1 saturated heterocycles. The van der Waals surface area contributed by atoms with Gasteiger partial charge in [-0.3, -0.25) is 4.90 Å². The summed E-state index contributed by atoms with van der Waals surface area (Å²) >= 11 is 0. The molecule has 102 valence electrons. The number of carboxylic acid groups (broad SMARTS) is 1. The van der Waals surface area contributed by atoms with E-state index in [4.69, 9.17) is 9.84 Å². The number of piperidine rings is 1. The SMILES string of the molecule is C=CCN1CCCC(Oc2ccc(C(=O)O)cc2)C1. The van der Waals surface area contributed by atoms with Crippen molar-refractivity contribution in [2.75, 3.05) is 19.6 Å². The van der Waals surface area contributed by atoms with Gasteiger partial charge in [0.1, 0.15) is 11.9 Å². The van der Waals surface area contributed by atoms with Crippen LogP contribution in [0.15, 0.2) is 36.9 Å². The summed E-state index contributed by atoms with van der Waals surface area (Å²) in [5.41, 5.74) is 0.282. The van der Waals surface area contributed by atoms with Gasteiger partial charge in [-0.2, -0.15) is 0 Å². The van der Waals surface area contributed by atoms with Crippen LogP contribution in [-0.4, -0.2) is 41.7 Å². The summed E-state index contributed by atoms with van der Waals surface area (Å²) in [4.78, 5) is 13.1. The lowest BCUT2D eigenvalue weighted by atomic mass is 10.1. The fraction of sp³-hybridized carbons (Fsp3) is 0.400. The highest BCUT2D eigenvalue weighted by Crippen LogP contribution is 2.19. The minimum absolute atomic E-state index is 0.171. The zero-order valence-electron chi connectivity index (χ0n) is 10.9. The van der Waals surface area contributed by atoms with Crippen molar-refractivity contribution < 1.29 is 14.6 Å². The molecule has 1 aromatic rings. The Balaban J connectivity index is 1.93. The maximum Gasteiger partial charge on any atom is 0.335 e. The van der Waals surface area contributed by atoms with Gasteiger partial charge in [-0.25, -0.2) is 4.79 Å². The van der Waals surface area contributed by atoms with Crippen LogP contribution in [0.3, 0.4) is 0 Å². The number of hydrogen-bond acceptors (Lipinski definition) is 3. The number of rotatable bonds is 5. The molecule has 1 aliphatic heterocycles. The second-order valence-corrected chi connectivity index (χ2v) is 4.76. The third kappa shape index (κ3) is 3.83. The van der Waals surface area contributed by atoms with E-state index < -0.39 is 5.97 Å². The summed E-state index contributed by atoms with van der Waals surface area (Å²) in [6.45, 7) is 6.62. The largest absolute Gasteiger partial charge is 0.489 e. The van der Waals surface area contributed by atoms with E-state index in [2.05, 4.69) is 11.5 Å². The van der Waals surface area contributed by atoms with Crippen molar-refractivity contribution in [3.63, 3.8) is 0 Å². The van der Waals surface area contributed by atoms with Gasteiger partial charge < -0.3 is 9.84 Å². The van der Waals surface area contributed by atoms with Crippen LogP contribution in [0.1, 0.15) is 23.2 Å². The van der Waals surface area contributed by atoms with Crippen molar-refractivity contribution >= 4 is 5.97 Å². The topological polar surface area (TPSA) is 49.8 Å². The van der Waals surface area contributed by atoms with Crippen LogP contribution >= 0.6 is 0 Å². The van der Waals surface area contributed by atoms with E-state index in [1.54, 1.807) is 24.3 Å². The van der Waals surface area contributed by atoms with Gasteiger partial charge in [0.15, 0.2) is 0 Å². The van der Waals surface area contributed by atoms with Gasteiger partial charge >= 0.3 is 5.97 Å². The van der Waals surface area contributed by atoms with E-state index in [1.807, 2.05) is 6.08 Å². The van der Waals surface area contributed by atoms with E-state index in [-0.39, 0.29) is 11.7 Å². The molecular formula is C15H19NO3. The van der Waals surface area contributed by atoms with Crippen molar-refractivity contribution in [1.29, 1.82) is 0 Å². The van der Waals surface area contributed by atoms with Crippen LogP contribution in [0.2, 0.25) is 0 Å². The molecule has 0 amide bonds. The minimum atomic E-state index is -0.915. The molecule has 0 spiro atoms. The first kappa shape index (κ1) is 13.6. The average Bonchev–Trinajstić information content (AvgIpc) is 2.40. The number of hydrogen-bond donors (Lipinski definition) is 1. The predicted octanol–water partition coefficient (Wildman–Crippen LogP) is 2.41. The number of nitrogens with zero attached hydrogens (tertiary/aromatic N) is 1. The minimum Gasteiger partial charge on any atom is -0.489 e. The van der Waals surface area contributed by atoms with E-state index in [1.165, 1.54) is 0 Å². The van der Waals surface area contributed by atoms with Crippen LogP contribution in [-0.2, 0) is 0 Å². The van der Waals surface area contributed by atoms with Crippen molar-refractivity contribution in [1.82, 2.24) is 4.90 Å². The van der Waals surface area contributed by atoms with Crippen LogP contribution in [0.4, 0.5) is 0 Å². The number of ether oxygens (including phenoxy) is 1. The molecular weight excluding hydrogens is 242 g/mol. The summed E-state index contributed by atoms with van der Waals surface area (Å²) < 4.78 is 5.90. The van der Waals surface area contributed by atoms with Gasteiger partial charge in [-0.05, 0) is 43.7 Å². The molecule has 1 N–H and O–H groups in total. The first-order valence-electron chi connectivity index (χ1n) is 6.52. The lowest BCUT2D eigenvalue weighted by molar-refractivity contribution is 0.0696. The molecule has 0 radical (unpaired) electrons. The number of likely N-dealkylation sites (tertiary alicyclic amines) is 1. The number of benzene rings is 1. The summed E-state index contributed by atoms with van der Waals surface area (Å²) in [7, 11) is 0. The standard InChI is InChI=1S/C15H19NO3/c1-2-9-16-10-3-4-14(11-16)19-13-7-5-12(6-8-13)15(17)18/h2,5-8,14H,1,3-4,9-11H2,(H,17,18). The normalized spacial score (nSPS) is 19.9. The Hall–Kier alpha value is -1.81. The molecule has 0 saturated carbocycles. The second kappa shape index (κ2) is 6.38. The molecule has 1 atom stereocenters. The molecule has 1 heterocycles. The fourth-order valence-electron chi connectivity index (χ4n) is 2.33. The Bertz CT molecular complexity index is 441. The molecule has 0 bridgehead atoms. The molecule has 4 nitrogen and oxygen atoms in total. The van der Waals surface area contributed by atoms with Crippen molar-refractivity contribution in [2.24, 2.45) is 0 Å². The number of aromatic carboxylic acids is 1. The molecule has 0 aliphatic carbocycles. The van der Waals surface area contributed by atoms with Crippen molar-refractivity contribution in [3.05, 3.63) is 42.5 Å². The smallest absolute Gasteiger partial charge is 0.335 e. The maximum absolute atomic E-state index is 10.8. The van der Waals surface area contributed by atoms with Gasteiger partial charge in [-0.15, -0.1) is 6.58 Å². The monoisotopic (exact) mass is 261 g/mol. The van der Waals surface area contributed by atoms with E-state index in [0.717, 1.165) is 38.2 Å². The Morgan fingerprint density at radius 1 is 1.47 bits per heavy atom. The third-order valence-electron chi connectivity index (χ3n) is 3.25. The molecule has 0 aromatic heterocycles. The van der Waals surface area contributed by atoms with E-state index in [0.29, 0.717) is 0 Å². The second-order valence-electron chi connectivity index (χ2n) is 4.76. The zero-order chi connectivity index (χ0) is 13.7. The molecule has 1 unspecified atom stereocenters. The Morgan fingerprint density at radius 2 is 2.21 bits per heavy atom. The summed E-state index contributed by atoms with van der Waals surface area (Å²) in [6, 6.07) is 6.58. The molecule has 4 heteroatoms. The van der Waals surface area contributed by atoms with Gasteiger partial charge in [-0.1, -0.05) is 6.08 Å². The van der Waals surface area contributed by atoms with E-state index >= 15 is 0 Å². The lowest BCUT2D eigenvalue weighted by Gasteiger charge is -2.32. The van der Waals surface area contributed by atoms with Gasteiger partial charge in [0.05, 0.1) is 5.56 Å². The van der Waals surface area contributed by atoms with Crippen LogP contribution in [0, 0.1) is 0 Å². The molecule has 19 heavy (non-hydrogen) atoms. The van der Waals surface area contributed by atoms with Crippen LogP contribution in [0.5, 0.6) is 5.75 Å². The average molecular weight is 261 g/mol. The first-order chi connectivity index (χ1) is 9.19. The molecule has 1 aromatic carbocycles.